The highest BCUT2D eigenvalue weighted by molar-refractivity contribution is 7.80. The van der Waals surface area contributed by atoms with Crippen molar-refractivity contribution in [3.63, 3.8) is 0 Å². The van der Waals surface area contributed by atoms with Crippen molar-refractivity contribution >= 4 is 28.2 Å². The maximum Gasteiger partial charge on any atom is 0.264 e. The van der Waals surface area contributed by atoms with Gasteiger partial charge < -0.3 is 9.64 Å². The zero-order valence-corrected chi connectivity index (χ0v) is 11.0. The Hall–Kier alpha value is -2.12. The highest BCUT2D eigenvalue weighted by Gasteiger charge is 2.03. The Morgan fingerprint density at radius 1 is 1.17 bits per heavy atom. The molecular formula is C14H12N2OS. The third-order valence-corrected chi connectivity index (χ3v) is 2.96. The van der Waals surface area contributed by atoms with Crippen molar-refractivity contribution in [2.45, 2.75) is 0 Å². The maximum absolute atomic E-state index is 8.83. The summed E-state index contributed by atoms with van der Waals surface area (Å²) < 4.78 is 5.53. The molecule has 0 N–H and O–H groups in total. The van der Waals surface area contributed by atoms with Crippen LogP contribution in [0.4, 0.5) is 0 Å². The Morgan fingerprint density at radius 2 is 1.83 bits per heavy atom. The fraction of sp³-hybridized carbons (Fsp3) is 0.143. The van der Waals surface area contributed by atoms with Gasteiger partial charge in [-0.3, -0.25) is 0 Å². The van der Waals surface area contributed by atoms with Crippen molar-refractivity contribution in [3.8, 4) is 11.8 Å². The largest absolute Gasteiger partial charge is 0.432 e. The highest BCUT2D eigenvalue weighted by atomic mass is 32.1. The van der Waals surface area contributed by atoms with E-state index < -0.39 is 0 Å². The molecule has 2 rings (SSSR count). The molecular weight excluding hydrogens is 244 g/mol. The van der Waals surface area contributed by atoms with Crippen molar-refractivity contribution in [2.24, 2.45) is 0 Å². The third kappa shape index (κ3) is 2.58. The van der Waals surface area contributed by atoms with Gasteiger partial charge in [-0.25, -0.2) is 0 Å². The predicted molar refractivity (Wildman–Crippen MR) is 75.6 cm³/mol. The van der Waals surface area contributed by atoms with Crippen LogP contribution >= 0.6 is 12.2 Å². The number of thiocarbonyl (C=S) groups is 1. The minimum absolute atomic E-state index is 0.419. The first-order valence-electron chi connectivity index (χ1n) is 5.43. The Labute approximate surface area is 111 Å². The average Bonchev–Trinajstić information content (AvgIpc) is 2.37. The van der Waals surface area contributed by atoms with Crippen molar-refractivity contribution in [1.29, 1.82) is 5.26 Å². The number of fused-ring (bicyclic) bond motifs is 1. The smallest absolute Gasteiger partial charge is 0.264 e. The summed E-state index contributed by atoms with van der Waals surface area (Å²) in [5, 5.41) is 11.3. The van der Waals surface area contributed by atoms with Crippen LogP contribution in [0.25, 0.3) is 10.8 Å². The normalized spacial score (nSPS) is 9.83. The summed E-state index contributed by atoms with van der Waals surface area (Å²) in [6, 6.07) is 13.3. The zero-order chi connectivity index (χ0) is 13.1. The lowest BCUT2D eigenvalue weighted by Crippen LogP contribution is -2.24. The number of rotatable bonds is 1. The molecule has 0 aliphatic carbocycles. The van der Waals surface area contributed by atoms with Gasteiger partial charge in [0.1, 0.15) is 5.75 Å². The van der Waals surface area contributed by atoms with Gasteiger partial charge in [0.15, 0.2) is 0 Å². The van der Waals surface area contributed by atoms with E-state index >= 15 is 0 Å². The first kappa shape index (κ1) is 12.3. The molecule has 0 aliphatic heterocycles. The zero-order valence-electron chi connectivity index (χ0n) is 10.2. The second-order valence-electron chi connectivity index (χ2n) is 4.10. The second kappa shape index (κ2) is 5.03. The van der Waals surface area contributed by atoms with E-state index in [4.69, 9.17) is 22.2 Å². The first-order chi connectivity index (χ1) is 8.60. The molecule has 0 radical (unpaired) electrons. The number of ether oxygens (including phenoxy) is 1. The molecule has 0 saturated carbocycles. The summed E-state index contributed by atoms with van der Waals surface area (Å²) in [6.45, 7) is 0. The van der Waals surface area contributed by atoms with E-state index in [0.29, 0.717) is 16.5 Å². The molecule has 0 atom stereocenters. The molecule has 18 heavy (non-hydrogen) atoms. The van der Waals surface area contributed by atoms with Gasteiger partial charge in [-0.15, -0.1) is 0 Å². The minimum atomic E-state index is 0.419. The molecule has 0 spiro atoms. The summed E-state index contributed by atoms with van der Waals surface area (Å²) in [5.74, 6) is 0.700. The minimum Gasteiger partial charge on any atom is -0.432 e. The summed E-state index contributed by atoms with van der Waals surface area (Å²) in [4.78, 5) is 1.73. The quantitative estimate of drug-likeness (QED) is 0.735. The molecule has 2 aromatic carbocycles. The van der Waals surface area contributed by atoms with Crippen LogP contribution < -0.4 is 4.74 Å². The molecule has 90 valence electrons. The van der Waals surface area contributed by atoms with Crippen LogP contribution in [0.3, 0.4) is 0 Å². The van der Waals surface area contributed by atoms with Gasteiger partial charge in [-0.2, -0.15) is 5.26 Å². The lowest BCUT2D eigenvalue weighted by molar-refractivity contribution is 0.450. The van der Waals surface area contributed by atoms with Gasteiger partial charge >= 0.3 is 0 Å². The van der Waals surface area contributed by atoms with Crippen molar-refractivity contribution in [1.82, 2.24) is 4.90 Å². The topological polar surface area (TPSA) is 36.3 Å². The summed E-state index contributed by atoms with van der Waals surface area (Å²) in [7, 11) is 3.67. The van der Waals surface area contributed by atoms with E-state index in [2.05, 4.69) is 6.07 Å². The first-order valence-corrected chi connectivity index (χ1v) is 5.84. The lowest BCUT2D eigenvalue weighted by Gasteiger charge is -2.14. The SMILES string of the molecule is CN(C)C(=S)Oc1ccc2cc(C#N)ccc2c1. The number of hydrogen-bond donors (Lipinski definition) is 0. The van der Waals surface area contributed by atoms with Crippen molar-refractivity contribution in [3.05, 3.63) is 42.0 Å². The average molecular weight is 256 g/mol. The van der Waals surface area contributed by atoms with E-state index in [0.717, 1.165) is 10.8 Å². The van der Waals surface area contributed by atoms with Crippen molar-refractivity contribution < 1.29 is 4.74 Å². The van der Waals surface area contributed by atoms with Crippen LogP contribution in [-0.2, 0) is 0 Å². The molecule has 0 aliphatic rings. The molecule has 0 fully saturated rings. The number of hydrogen-bond acceptors (Lipinski definition) is 3. The number of nitriles is 1. The molecule has 0 saturated heterocycles. The van der Waals surface area contributed by atoms with Crippen LogP contribution in [0.2, 0.25) is 0 Å². The van der Waals surface area contributed by atoms with Gasteiger partial charge in [-0.1, -0.05) is 12.1 Å². The maximum atomic E-state index is 8.83. The molecule has 3 nitrogen and oxygen atoms in total. The number of benzene rings is 2. The third-order valence-electron chi connectivity index (χ3n) is 2.51. The van der Waals surface area contributed by atoms with E-state index in [1.165, 1.54) is 0 Å². The Morgan fingerprint density at radius 3 is 2.50 bits per heavy atom. The van der Waals surface area contributed by atoms with Gasteiger partial charge in [-0.05, 0) is 47.3 Å². The molecule has 2 aromatic rings. The monoisotopic (exact) mass is 256 g/mol. The summed E-state index contributed by atoms with van der Waals surface area (Å²) in [5.41, 5.74) is 0.653. The summed E-state index contributed by atoms with van der Waals surface area (Å²) >= 11 is 5.08. The van der Waals surface area contributed by atoms with Gasteiger partial charge in [0, 0.05) is 14.1 Å². The van der Waals surface area contributed by atoms with Gasteiger partial charge in [0.2, 0.25) is 0 Å². The molecule has 0 unspecified atom stereocenters. The second-order valence-corrected chi connectivity index (χ2v) is 4.45. The van der Waals surface area contributed by atoms with Crippen LogP contribution in [-0.4, -0.2) is 24.2 Å². The molecule has 0 bridgehead atoms. The lowest BCUT2D eigenvalue weighted by atomic mass is 10.1. The number of nitrogens with zero attached hydrogens (tertiary/aromatic N) is 2. The summed E-state index contributed by atoms with van der Waals surface area (Å²) in [6.07, 6.45) is 0. The van der Waals surface area contributed by atoms with E-state index in [1.54, 1.807) is 11.0 Å². The van der Waals surface area contributed by atoms with E-state index in [1.807, 2.05) is 44.4 Å². The molecule has 0 heterocycles. The van der Waals surface area contributed by atoms with Crippen LogP contribution in [0.15, 0.2) is 36.4 Å². The van der Waals surface area contributed by atoms with Gasteiger partial charge in [0.25, 0.3) is 5.17 Å². The van der Waals surface area contributed by atoms with Crippen molar-refractivity contribution in [2.75, 3.05) is 14.1 Å². The van der Waals surface area contributed by atoms with Crippen LogP contribution in [0.1, 0.15) is 5.56 Å². The van der Waals surface area contributed by atoms with Gasteiger partial charge in [0.05, 0.1) is 11.6 Å². The molecule has 0 aromatic heterocycles. The molecule has 0 amide bonds. The van der Waals surface area contributed by atoms with Crippen LogP contribution in [0.5, 0.6) is 5.75 Å². The van der Waals surface area contributed by atoms with E-state index in [-0.39, 0.29) is 0 Å². The van der Waals surface area contributed by atoms with Crippen LogP contribution in [0, 0.1) is 11.3 Å². The Balaban J connectivity index is 2.34. The fourth-order valence-corrected chi connectivity index (χ4v) is 1.65. The fourth-order valence-electron chi connectivity index (χ4n) is 1.55. The Bertz CT molecular complexity index is 644. The highest BCUT2D eigenvalue weighted by Crippen LogP contribution is 2.22. The van der Waals surface area contributed by atoms with E-state index in [9.17, 15) is 0 Å². The predicted octanol–water partition coefficient (Wildman–Crippen LogP) is 2.94. The molecule has 4 heteroatoms. The Kier molecular flexibility index (Phi) is 3.45. The standard InChI is InChI=1S/C14H12N2OS/c1-16(2)14(18)17-13-6-5-11-7-10(9-15)3-4-12(11)8-13/h3-8H,1-2H3.